The molecular formula is C83H162O17P2. The van der Waals surface area contributed by atoms with Gasteiger partial charge in [-0.05, 0) is 31.6 Å². The van der Waals surface area contributed by atoms with Crippen molar-refractivity contribution >= 4 is 39.5 Å². The molecular weight excluding hydrogens is 1330 g/mol. The number of esters is 4. The minimum atomic E-state index is -4.96. The molecule has 0 aromatic carbocycles. The Morgan fingerprint density at radius 1 is 0.275 bits per heavy atom. The molecule has 0 heterocycles. The Hall–Kier alpha value is -1.94. The lowest BCUT2D eigenvalue weighted by molar-refractivity contribution is -0.161. The zero-order valence-electron chi connectivity index (χ0n) is 66.8. The van der Waals surface area contributed by atoms with Gasteiger partial charge in [-0.25, -0.2) is 9.13 Å². The molecule has 0 fully saturated rings. The van der Waals surface area contributed by atoms with Crippen molar-refractivity contribution in [2.24, 2.45) is 5.92 Å². The van der Waals surface area contributed by atoms with Crippen LogP contribution in [0.2, 0.25) is 0 Å². The number of aliphatic hydroxyl groups is 1. The van der Waals surface area contributed by atoms with Crippen LogP contribution in [0.15, 0.2) is 0 Å². The van der Waals surface area contributed by atoms with Crippen molar-refractivity contribution in [2.75, 3.05) is 39.6 Å². The number of carbonyl (C=O) groups is 4. The van der Waals surface area contributed by atoms with Gasteiger partial charge in [-0.3, -0.25) is 37.3 Å². The zero-order chi connectivity index (χ0) is 74.8. The van der Waals surface area contributed by atoms with E-state index in [9.17, 15) is 43.2 Å². The molecule has 0 amide bonds. The van der Waals surface area contributed by atoms with Gasteiger partial charge >= 0.3 is 39.5 Å². The highest BCUT2D eigenvalue weighted by molar-refractivity contribution is 7.47. The van der Waals surface area contributed by atoms with Gasteiger partial charge in [-0.15, -0.1) is 0 Å². The van der Waals surface area contributed by atoms with Crippen molar-refractivity contribution in [3.05, 3.63) is 0 Å². The van der Waals surface area contributed by atoms with Gasteiger partial charge in [-0.2, -0.15) is 0 Å². The van der Waals surface area contributed by atoms with E-state index in [2.05, 4.69) is 34.6 Å². The minimum Gasteiger partial charge on any atom is -0.462 e. The van der Waals surface area contributed by atoms with Gasteiger partial charge < -0.3 is 33.8 Å². The standard InChI is InChI=1S/C83H162O17P2/c1-6-10-13-16-19-21-23-25-27-29-31-32-33-35-37-39-41-43-48-53-58-63-68-82(87)100-79(73-94-81(86)67-62-57-52-47-42-40-38-36-34-30-28-26-24-22-20-17-14-11-7-2)75-98-102(91,92)96-71-77(84)70-95-101(89,90)97-74-78(72-93-80(85)66-61-56-50-18-15-12-8-3)99-83(88)69-64-59-54-49-45-44-46-51-55-60-65-76(5)9-4/h76-79,84H,6-75H2,1-5H3,(H,89,90)(H,91,92)/t76?,77-,78+,79+/m0/s1. The Morgan fingerprint density at radius 2 is 0.471 bits per heavy atom. The van der Waals surface area contributed by atoms with E-state index >= 15 is 0 Å². The molecule has 0 aliphatic rings. The quantitative estimate of drug-likeness (QED) is 0.0222. The Labute approximate surface area is 626 Å². The molecule has 0 aliphatic heterocycles. The molecule has 0 saturated carbocycles. The Balaban J connectivity index is 5.16. The second-order valence-electron chi connectivity index (χ2n) is 30.1. The summed E-state index contributed by atoms with van der Waals surface area (Å²) in [6.45, 7) is 7.32. The second kappa shape index (κ2) is 75.9. The zero-order valence-corrected chi connectivity index (χ0v) is 68.5. The van der Waals surface area contributed by atoms with Crippen molar-refractivity contribution in [2.45, 2.75) is 464 Å². The summed E-state index contributed by atoms with van der Waals surface area (Å²) in [7, 11) is -9.92. The highest BCUT2D eigenvalue weighted by atomic mass is 31.2. The average molecular weight is 1490 g/mol. The Morgan fingerprint density at radius 3 is 0.696 bits per heavy atom. The first-order chi connectivity index (χ1) is 49.6. The monoisotopic (exact) mass is 1490 g/mol. The number of aliphatic hydroxyl groups excluding tert-OH is 1. The summed E-state index contributed by atoms with van der Waals surface area (Å²) in [5.41, 5.74) is 0. The summed E-state index contributed by atoms with van der Waals surface area (Å²) >= 11 is 0. The van der Waals surface area contributed by atoms with Crippen LogP contribution in [0.4, 0.5) is 0 Å². The van der Waals surface area contributed by atoms with E-state index in [0.717, 1.165) is 109 Å². The van der Waals surface area contributed by atoms with E-state index in [1.165, 1.54) is 257 Å². The molecule has 0 aromatic heterocycles. The highest BCUT2D eigenvalue weighted by Gasteiger charge is 2.30. The van der Waals surface area contributed by atoms with Crippen LogP contribution in [-0.2, 0) is 65.4 Å². The highest BCUT2D eigenvalue weighted by Crippen LogP contribution is 2.45. The van der Waals surface area contributed by atoms with Gasteiger partial charge in [0.25, 0.3) is 0 Å². The molecule has 606 valence electrons. The lowest BCUT2D eigenvalue weighted by atomic mass is 9.99. The number of hydrogen-bond donors (Lipinski definition) is 3. The Kier molecular flexibility index (Phi) is 74.4. The van der Waals surface area contributed by atoms with Crippen LogP contribution in [0.3, 0.4) is 0 Å². The molecule has 0 aliphatic carbocycles. The van der Waals surface area contributed by atoms with Crippen molar-refractivity contribution in [3.63, 3.8) is 0 Å². The topological polar surface area (TPSA) is 237 Å². The van der Waals surface area contributed by atoms with Crippen LogP contribution in [0.25, 0.3) is 0 Å². The van der Waals surface area contributed by atoms with Crippen LogP contribution in [0.1, 0.15) is 446 Å². The molecule has 6 atom stereocenters. The number of rotatable bonds is 83. The smallest absolute Gasteiger partial charge is 0.462 e. The van der Waals surface area contributed by atoms with Gasteiger partial charge in [0.1, 0.15) is 19.3 Å². The number of ether oxygens (including phenoxy) is 4. The predicted molar refractivity (Wildman–Crippen MR) is 418 cm³/mol. The largest absolute Gasteiger partial charge is 0.472 e. The summed E-state index contributed by atoms with van der Waals surface area (Å²) in [5.74, 6) is -1.31. The number of phosphoric acid groups is 2. The summed E-state index contributed by atoms with van der Waals surface area (Å²) in [6, 6.07) is 0. The molecule has 0 aromatic rings. The molecule has 102 heavy (non-hydrogen) atoms. The van der Waals surface area contributed by atoms with Crippen LogP contribution < -0.4 is 0 Å². The molecule has 0 spiro atoms. The number of unbranched alkanes of at least 4 members (excludes halogenated alkanes) is 54. The third-order valence-corrected chi connectivity index (χ3v) is 21.8. The predicted octanol–water partition coefficient (Wildman–Crippen LogP) is 25.2. The van der Waals surface area contributed by atoms with Crippen LogP contribution in [0.5, 0.6) is 0 Å². The molecule has 3 unspecified atom stereocenters. The molecule has 17 nitrogen and oxygen atoms in total. The van der Waals surface area contributed by atoms with Crippen molar-refractivity contribution < 1.29 is 80.2 Å². The van der Waals surface area contributed by atoms with Crippen LogP contribution in [-0.4, -0.2) is 96.7 Å². The first kappa shape index (κ1) is 100. The molecule has 19 heteroatoms. The lowest BCUT2D eigenvalue weighted by Gasteiger charge is -2.21. The van der Waals surface area contributed by atoms with Gasteiger partial charge in [0.15, 0.2) is 12.2 Å². The molecule has 3 N–H and O–H groups in total. The van der Waals surface area contributed by atoms with Crippen molar-refractivity contribution in [1.82, 2.24) is 0 Å². The van der Waals surface area contributed by atoms with Gasteiger partial charge in [0.05, 0.1) is 26.4 Å². The maximum atomic E-state index is 13.1. The summed E-state index contributed by atoms with van der Waals surface area (Å²) in [4.78, 5) is 72.9. The van der Waals surface area contributed by atoms with E-state index in [0.29, 0.717) is 25.7 Å². The first-order valence-corrected chi connectivity index (χ1v) is 46.2. The first-order valence-electron chi connectivity index (χ1n) is 43.2. The minimum absolute atomic E-state index is 0.106. The number of hydrogen-bond acceptors (Lipinski definition) is 15. The van der Waals surface area contributed by atoms with Gasteiger partial charge in [0.2, 0.25) is 0 Å². The molecule has 0 bridgehead atoms. The average Bonchev–Trinajstić information content (AvgIpc) is 0.919. The van der Waals surface area contributed by atoms with Gasteiger partial charge in [-0.1, -0.05) is 394 Å². The van der Waals surface area contributed by atoms with E-state index in [1.807, 2.05) is 0 Å². The maximum Gasteiger partial charge on any atom is 0.472 e. The summed E-state index contributed by atoms with van der Waals surface area (Å²) in [6.07, 6.45) is 68.3. The third kappa shape index (κ3) is 74.9. The summed E-state index contributed by atoms with van der Waals surface area (Å²) in [5, 5.41) is 10.6. The fourth-order valence-electron chi connectivity index (χ4n) is 12.9. The molecule has 0 rings (SSSR count). The lowest BCUT2D eigenvalue weighted by Crippen LogP contribution is -2.30. The van der Waals surface area contributed by atoms with Crippen LogP contribution >= 0.6 is 15.6 Å². The van der Waals surface area contributed by atoms with Crippen LogP contribution in [0, 0.1) is 5.92 Å². The van der Waals surface area contributed by atoms with E-state index < -0.39 is 97.5 Å². The number of phosphoric ester groups is 2. The maximum absolute atomic E-state index is 13.1. The van der Waals surface area contributed by atoms with Gasteiger partial charge in [0, 0.05) is 25.7 Å². The van der Waals surface area contributed by atoms with E-state index in [-0.39, 0.29) is 25.7 Å². The fraction of sp³-hybridized carbons (Fsp3) is 0.952. The normalized spacial score (nSPS) is 14.1. The fourth-order valence-corrected chi connectivity index (χ4v) is 14.5. The summed E-state index contributed by atoms with van der Waals surface area (Å²) < 4.78 is 68.7. The van der Waals surface area contributed by atoms with E-state index in [1.54, 1.807) is 0 Å². The van der Waals surface area contributed by atoms with Crippen molar-refractivity contribution in [1.29, 1.82) is 0 Å². The van der Waals surface area contributed by atoms with Crippen molar-refractivity contribution in [3.8, 4) is 0 Å². The SMILES string of the molecule is CCCCCCCCCCCCCCCCCCCCCCCCC(=O)O[C@H](COC(=O)CCCCCCCCCCCCCCCCCCCCC)COP(=O)(O)OC[C@@H](O)COP(=O)(O)OC[C@@H](COC(=O)CCCCCCCCC)OC(=O)CCCCCCCCCCCCC(C)CC. The second-order valence-corrected chi connectivity index (χ2v) is 33.0. The Bertz CT molecular complexity index is 1950. The van der Waals surface area contributed by atoms with E-state index in [4.69, 9.17) is 37.0 Å². The molecule has 0 saturated heterocycles. The molecule has 0 radical (unpaired) electrons. The third-order valence-electron chi connectivity index (χ3n) is 19.9. The number of carbonyl (C=O) groups excluding carboxylic acids is 4.